The van der Waals surface area contributed by atoms with Crippen molar-refractivity contribution in [3.63, 3.8) is 0 Å². The molecule has 2 aromatic carbocycles. The van der Waals surface area contributed by atoms with Crippen LogP contribution in [-0.4, -0.2) is 128 Å². The van der Waals surface area contributed by atoms with Crippen molar-refractivity contribution < 1.29 is 43.0 Å². The number of anilines is 4. The van der Waals surface area contributed by atoms with Gasteiger partial charge in [0.25, 0.3) is 11.8 Å². The van der Waals surface area contributed by atoms with Gasteiger partial charge >= 0.3 is 0 Å². The molecule has 3 aromatic rings. The number of piperidine rings is 2. The summed E-state index contributed by atoms with van der Waals surface area (Å²) in [6, 6.07) is 9.38. The number of nitrogen functional groups attached to an aromatic ring is 1. The fourth-order valence-corrected chi connectivity index (χ4v) is 8.03. The van der Waals surface area contributed by atoms with Gasteiger partial charge in [-0.2, -0.15) is 0 Å². The molecule has 6 amide bonds. The standard InChI is InChI=1S/C43H56N10O9S/c1-27-31(6-3-7-33(27)63-40-38(44)50-34(26-48-40)52-16-12-43(2,45)13-17-52)49-37(56)25-36(55)47-15-5-19-61-21-23-62-22-20-60-18-4-14-46-28-8-9-29-30(24-28)42(59)53(41(29)58)32-10-11-35(54)51-39(32)57/h3,6-9,24,26,32,46H,4-5,10-23,25,45H2,1-2H3,(H2,44,50)(H,47,55)(H,49,56)(H,51,54,57). The van der Waals surface area contributed by atoms with Gasteiger partial charge in [0.1, 0.15) is 23.3 Å². The minimum Gasteiger partial charge on any atom is -0.385 e. The van der Waals surface area contributed by atoms with Gasteiger partial charge in [0.2, 0.25) is 23.6 Å². The molecule has 6 rings (SSSR count). The molecular formula is C43H56N10O9S. The Labute approximate surface area is 370 Å². The summed E-state index contributed by atoms with van der Waals surface area (Å²) in [5.41, 5.74) is 14.9. The maximum atomic E-state index is 13.0. The van der Waals surface area contributed by atoms with Crippen LogP contribution in [0.15, 0.2) is 52.5 Å². The van der Waals surface area contributed by atoms with Crippen molar-refractivity contribution in [3.05, 3.63) is 59.3 Å². The van der Waals surface area contributed by atoms with E-state index in [1.165, 1.54) is 11.8 Å². The summed E-state index contributed by atoms with van der Waals surface area (Å²) in [7, 11) is 0. The minimum atomic E-state index is -1.00. The highest BCUT2D eigenvalue weighted by Crippen LogP contribution is 2.36. The molecule has 3 aliphatic rings. The van der Waals surface area contributed by atoms with Crippen molar-refractivity contribution in [2.75, 3.05) is 87.1 Å². The first-order valence-corrected chi connectivity index (χ1v) is 21.9. The molecule has 0 bridgehead atoms. The molecule has 0 saturated carbocycles. The molecule has 2 fully saturated rings. The first-order valence-electron chi connectivity index (χ1n) is 21.1. The average molecular weight is 889 g/mol. The summed E-state index contributed by atoms with van der Waals surface area (Å²) in [6.45, 7) is 8.92. The zero-order valence-electron chi connectivity index (χ0n) is 35.7. The molecule has 0 spiro atoms. The molecule has 8 N–H and O–H groups in total. The van der Waals surface area contributed by atoms with E-state index < -0.39 is 35.6 Å². The van der Waals surface area contributed by atoms with E-state index in [0.29, 0.717) is 87.8 Å². The van der Waals surface area contributed by atoms with Crippen LogP contribution in [0.3, 0.4) is 0 Å². The van der Waals surface area contributed by atoms with Gasteiger partial charge in [-0.05, 0) is 81.8 Å². The number of benzene rings is 2. The number of carbonyl (C=O) groups excluding carboxylic acids is 6. The van der Waals surface area contributed by atoms with Crippen LogP contribution in [0, 0.1) is 6.92 Å². The Bertz CT molecular complexity index is 2160. The fourth-order valence-electron chi connectivity index (χ4n) is 7.16. The SMILES string of the molecule is Cc1c(NC(=O)CC(=O)NCCCOCCOCCOCCCNc2ccc3c(c2)C(=O)N(C2CCC(=O)NC2=O)C3=O)cccc1Sc1ncc(N2CCC(C)(N)CC2)nc1N. The van der Waals surface area contributed by atoms with Crippen LogP contribution in [-0.2, 0) is 33.4 Å². The van der Waals surface area contributed by atoms with Crippen LogP contribution in [0.25, 0.3) is 0 Å². The number of hydrogen-bond acceptors (Lipinski definition) is 16. The monoisotopic (exact) mass is 888 g/mol. The number of nitrogens with two attached hydrogens (primary N) is 2. The molecule has 338 valence electrons. The van der Waals surface area contributed by atoms with Crippen LogP contribution in [0.1, 0.15) is 78.1 Å². The molecule has 1 unspecified atom stereocenters. The molecule has 63 heavy (non-hydrogen) atoms. The molecule has 0 radical (unpaired) electrons. The maximum absolute atomic E-state index is 13.0. The second-order valence-electron chi connectivity index (χ2n) is 15.8. The summed E-state index contributed by atoms with van der Waals surface area (Å²) < 4.78 is 16.8. The van der Waals surface area contributed by atoms with E-state index >= 15 is 0 Å². The van der Waals surface area contributed by atoms with Crippen molar-refractivity contribution in [2.45, 2.75) is 80.3 Å². The highest BCUT2D eigenvalue weighted by molar-refractivity contribution is 7.99. The first-order chi connectivity index (χ1) is 30.3. The lowest BCUT2D eigenvalue weighted by Gasteiger charge is -2.37. The molecular weight excluding hydrogens is 833 g/mol. The molecule has 20 heteroatoms. The van der Waals surface area contributed by atoms with Crippen LogP contribution < -0.4 is 37.6 Å². The lowest BCUT2D eigenvalue weighted by Crippen LogP contribution is -2.54. The van der Waals surface area contributed by atoms with Gasteiger partial charge in [-0.3, -0.25) is 39.0 Å². The number of hydrogen-bond donors (Lipinski definition) is 6. The Kier molecular flexibility index (Phi) is 16.4. The number of rotatable bonds is 22. The largest absolute Gasteiger partial charge is 0.385 e. The number of amides is 6. The molecule has 19 nitrogen and oxygen atoms in total. The van der Waals surface area contributed by atoms with Gasteiger partial charge in [-0.25, -0.2) is 9.97 Å². The highest BCUT2D eigenvalue weighted by atomic mass is 32.2. The molecule has 1 atom stereocenters. The van der Waals surface area contributed by atoms with E-state index in [0.717, 1.165) is 47.1 Å². The van der Waals surface area contributed by atoms with E-state index in [1.807, 2.05) is 19.1 Å². The molecule has 3 aliphatic heterocycles. The third kappa shape index (κ3) is 12.9. The number of ether oxygens (including phenoxy) is 3. The van der Waals surface area contributed by atoms with Crippen LogP contribution in [0.4, 0.5) is 23.0 Å². The third-order valence-electron chi connectivity index (χ3n) is 10.8. The van der Waals surface area contributed by atoms with Crippen LogP contribution >= 0.6 is 11.8 Å². The number of fused-ring (bicyclic) bond motifs is 1. The van der Waals surface area contributed by atoms with Gasteiger partial charge in [-0.1, -0.05) is 17.8 Å². The number of aromatic nitrogens is 2. The van der Waals surface area contributed by atoms with Gasteiger partial charge in [0.05, 0.1) is 43.8 Å². The van der Waals surface area contributed by atoms with Gasteiger partial charge in [0, 0.05) is 67.6 Å². The van der Waals surface area contributed by atoms with E-state index in [1.54, 1.807) is 30.5 Å². The zero-order chi connectivity index (χ0) is 44.9. The van der Waals surface area contributed by atoms with Gasteiger partial charge < -0.3 is 46.5 Å². The van der Waals surface area contributed by atoms with Crippen molar-refractivity contribution in [2.24, 2.45) is 5.73 Å². The third-order valence-corrected chi connectivity index (χ3v) is 12.0. The lowest BCUT2D eigenvalue weighted by molar-refractivity contribution is -0.136. The predicted molar refractivity (Wildman–Crippen MR) is 235 cm³/mol. The fraction of sp³-hybridized carbons (Fsp3) is 0.488. The second kappa shape index (κ2) is 22.1. The van der Waals surface area contributed by atoms with E-state index in [4.69, 9.17) is 25.7 Å². The topological polar surface area (TPSA) is 263 Å². The van der Waals surface area contributed by atoms with Gasteiger partial charge in [0.15, 0.2) is 5.82 Å². The van der Waals surface area contributed by atoms with E-state index in [-0.39, 0.29) is 41.8 Å². The minimum absolute atomic E-state index is 0.0653. The van der Waals surface area contributed by atoms with Crippen molar-refractivity contribution in [1.82, 2.24) is 25.5 Å². The quantitative estimate of drug-likeness (QED) is 0.0481. The van der Waals surface area contributed by atoms with Gasteiger partial charge in [-0.15, -0.1) is 0 Å². The summed E-state index contributed by atoms with van der Waals surface area (Å²) in [4.78, 5) is 87.9. The summed E-state index contributed by atoms with van der Waals surface area (Å²) in [5, 5.41) is 11.6. The van der Waals surface area contributed by atoms with Crippen LogP contribution in [0.5, 0.6) is 0 Å². The lowest BCUT2D eigenvalue weighted by atomic mass is 9.91. The Morgan fingerprint density at radius 2 is 1.60 bits per heavy atom. The highest BCUT2D eigenvalue weighted by Gasteiger charge is 2.44. The zero-order valence-corrected chi connectivity index (χ0v) is 36.5. The molecule has 2 saturated heterocycles. The molecule has 1 aromatic heterocycles. The van der Waals surface area contributed by atoms with Crippen molar-refractivity contribution in [3.8, 4) is 0 Å². The predicted octanol–water partition coefficient (Wildman–Crippen LogP) is 2.62. The van der Waals surface area contributed by atoms with E-state index in [2.05, 4.69) is 43.1 Å². The van der Waals surface area contributed by atoms with E-state index in [9.17, 15) is 28.8 Å². The number of imide groups is 2. The summed E-state index contributed by atoms with van der Waals surface area (Å²) >= 11 is 1.36. The number of carbonyl (C=O) groups is 6. The first kappa shape index (κ1) is 46.8. The smallest absolute Gasteiger partial charge is 0.262 e. The van der Waals surface area contributed by atoms with Crippen molar-refractivity contribution >= 4 is 70.2 Å². The Balaban J connectivity index is 0.763. The Hall–Kier alpha value is -5.67. The Morgan fingerprint density at radius 3 is 2.30 bits per heavy atom. The molecule has 0 aliphatic carbocycles. The second-order valence-corrected chi connectivity index (χ2v) is 16.9. The number of nitrogens with one attached hydrogen (secondary N) is 4. The van der Waals surface area contributed by atoms with Crippen LogP contribution in [0.2, 0.25) is 0 Å². The molecule has 4 heterocycles. The van der Waals surface area contributed by atoms with Crippen molar-refractivity contribution in [1.29, 1.82) is 0 Å². The average Bonchev–Trinajstić information content (AvgIpc) is 3.49. The number of nitrogens with zero attached hydrogens (tertiary/aromatic N) is 4. The summed E-state index contributed by atoms with van der Waals surface area (Å²) in [5.74, 6) is -1.92. The maximum Gasteiger partial charge on any atom is 0.262 e. The normalized spacial score (nSPS) is 17.1. The summed E-state index contributed by atoms with van der Waals surface area (Å²) in [6.07, 6.45) is 4.55. The Morgan fingerprint density at radius 1 is 0.921 bits per heavy atom.